The molecule has 1 aromatic heterocycles. The average Bonchev–Trinajstić information content (AvgIpc) is 3.32. The van der Waals surface area contributed by atoms with Gasteiger partial charge in [0.2, 0.25) is 11.8 Å². The maximum absolute atomic E-state index is 13.4. The molecule has 3 N–H and O–H groups in total. The van der Waals surface area contributed by atoms with Crippen LogP contribution in [0.15, 0.2) is 42.5 Å². The molecule has 0 radical (unpaired) electrons. The number of hydrogen-bond acceptors (Lipinski definition) is 3. The maximum atomic E-state index is 13.4. The van der Waals surface area contributed by atoms with Crippen molar-refractivity contribution >= 4 is 34.2 Å². The average molecular weight is 497 g/mol. The molecule has 5 saturated carbocycles. The van der Waals surface area contributed by atoms with Crippen molar-refractivity contribution in [3.8, 4) is 11.4 Å². The molecule has 0 saturated heterocycles. The molecule has 6 nitrogen and oxygen atoms in total. The summed E-state index contributed by atoms with van der Waals surface area (Å²) < 4.78 is 0. The number of H-pyrrole nitrogens is 1. The van der Waals surface area contributed by atoms with Gasteiger partial charge in [-0.15, -0.1) is 0 Å². The predicted molar refractivity (Wildman–Crippen MR) is 146 cm³/mol. The van der Waals surface area contributed by atoms with Crippen molar-refractivity contribution in [2.45, 2.75) is 70.6 Å². The summed E-state index contributed by atoms with van der Waals surface area (Å²) in [5.74, 6) is 3.54. The van der Waals surface area contributed by atoms with E-state index in [4.69, 9.17) is 4.98 Å². The van der Waals surface area contributed by atoms with Crippen LogP contribution in [0.4, 0.5) is 11.4 Å². The minimum absolute atomic E-state index is 0.128. The molecule has 0 unspecified atom stereocenters. The summed E-state index contributed by atoms with van der Waals surface area (Å²) in [4.78, 5) is 34.2. The number of rotatable bonds is 5. The molecule has 192 valence electrons. The number of imidazole rings is 1. The van der Waals surface area contributed by atoms with E-state index in [0.29, 0.717) is 0 Å². The summed E-state index contributed by atoms with van der Waals surface area (Å²) >= 11 is 0. The van der Waals surface area contributed by atoms with Gasteiger partial charge in [0.25, 0.3) is 0 Å². The van der Waals surface area contributed by atoms with Crippen LogP contribution in [-0.4, -0.2) is 21.8 Å². The third kappa shape index (κ3) is 4.34. The molecule has 8 rings (SSSR count). The van der Waals surface area contributed by atoms with Crippen LogP contribution in [0.3, 0.4) is 0 Å². The Morgan fingerprint density at radius 1 is 0.811 bits per heavy atom. The summed E-state index contributed by atoms with van der Waals surface area (Å²) in [7, 11) is 0. The second-order valence-electron chi connectivity index (χ2n) is 12.4. The lowest BCUT2D eigenvalue weighted by Gasteiger charge is -2.55. The van der Waals surface area contributed by atoms with Crippen LogP contribution in [0.5, 0.6) is 0 Å². The number of anilines is 2. The second kappa shape index (κ2) is 9.00. The fraction of sp³-hybridized carbons (Fsp3) is 0.516. The Bertz CT molecular complexity index is 1300. The number of amides is 2. The molecule has 3 aromatic rings. The number of carbonyl (C=O) groups excluding carboxylic acids is 2. The first kappa shape index (κ1) is 23.0. The lowest BCUT2D eigenvalue weighted by Crippen LogP contribution is -2.51. The van der Waals surface area contributed by atoms with Gasteiger partial charge in [-0.2, -0.15) is 0 Å². The Kier molecular flexibility index (Phi) is 5.60. The number of hydrogen-bond donors (Lipinski definition) is 3. The Labute approximate surface area is 218 Å². The number of carbonyl (C=O) groups is 2. The number of aromatic nitrogens is 2. The number of nitrogens with zero attached hydrogens (tertiary/aromatic N) is 1. The van der Waals surface area contributed by atoms with Crippen molar-refractivity contribution in [3.63, 3.8) is 0 Å². The van der Waals surface area contributed by atoms with E-state index < -0.39 is 0 Å². The van der Waals surface area contributed by atoms with E-state index in [1.807, 2.05) is 42.5 Å². The topological polar surface area (TPSA) is 86.9 Å². The lowest BCUT2D eigenvalue weighted by atomic mass is 9.49. The van der Waals surface area contributed by atoms with Crippen molar-refractivity contribution in [1.29, 1.82) is 0 Å². The third-order valence-corrected chi connectivity index (χ3v) is 9.66. The Hall–Kier alpha value is -3.15. The molecule has 0 aliphatic heterocycles. The van der Waals surface area contributed by atoms with Gasteiger partial charge in [-0.1, -0.05) is 19.3 Å². The first-order valence-corrected chi connectivity index (χ1v) is 14.3. The molecule has 5 fully saturated rings. The minimum Gasteiger partial charge on any atom is -0.338 e. The Balaban J connectivity index is 1.04. The first-order valence-electron chi connectivity index (χ1n) is 14.3. The zero-order chi connectivity index (χ0) is 25.0. The lowest BCUT2D eigenvalue weighted by molar-refractivity contribution is -0.140. The van der Waals surface area contributed by atoms with E-state index >= 15 is 0 Å². The first-order chi connectivity index (χ1) is 18.0. The van der Waals surface area contributed by atoms with Gasteiger partial charge in [0.1, 0.15) is 5.82 Å². The van der Waals surface area contributed by atoms with Crippen LogP contribution in [0.2, 0.25) is 0 Å². The van der Waals surface area contributed by atoms with E-state index in [2.05, 4.69) is 15.6 Å². The number of fused-ring (bicyclic) bond motifs is 1. The van der Waals surface area contributed by atoms with Crippen molar-refractivity contribution < 1.29 is 9.59 Å². The molecule has 2 amide bonds. The van der Waals surface area contributed by atoms with Gasteiger partial charge < -0.3 is 15.6 Å². The van der Waals surface area contributed by atoms with Crippen LogP contribution in [-0.2, 0) is 9.59 Å². The molecule has 1 heterocycles. The van der Waals surface area contributed by atoms with Gasteiger partial charge in [0, 0.05) is 22.9 Å². The highest BCUT2D eigenvalue weighted by atomic mass is 16.2. The van der Waals surface area contributed by atoms with Crippen molar-refractivity contribution in [1.82, 2.24) is 9.97 Å². The molecule has 0 spiro atoms. The molecular weight excluding hydrogens is 460 g/mol. The highest BCUT2D eigenvalue weighted by Gasteiger charge is 2.54. The van der Waals surface area contributed by atoms with Crippen LogP contribution in [0, 0.1) is 29.1 Å². The second-order valence-corrected chi connectivity index (χ2v) is 12.4. The van der Waals surface area contributed by atoms with Gasteiger partial charge >= 0.3 is 0 Å². The van der Waals surface area contributed by atoms with E-state index in [0.717, 1.165) is 96.5 Å². The normalized spacial score (nSPS) is 28.9. The predicted octanol–water partition coefficient (Wildman–Crippen LogP) is 6.90. The van der Waals surface area contributed by atoms with E-state index in [1.54, 1.807) is 0 Å². The maximum Gasteiger partial charge on any atom is 0.230 e. The summed E-state index contributed by atoms with van der Waals surface area (Å²) in [6.07, 6.45) is 12.7. The smallest absolute Gasteiger partial charge is 0.230 e. The molecule has 2 aromatic carbocycles. The molecule has 37 heavy (non-hydrogen) atoms. The van der Waals surface area contributed by atoms with Gasteiger partial charge in [-0.25, -0.2) is 4.98 Å². The molecular formula is C31H36N4O2. The van der Waals surface area contributed by atoms with Gasteiger partial charge in [-0.05, 0) is 112 Å². The van der Waals surface area contributed by atoms with Crippen LogP contribution < -0.4 is 10.6 Å². The summed E-state index contributed by atoms with van der Waals surface area (Å²) in [5, 5.41) is 6.35. The van der Waals surface area contributed by atoms with Crippen molar-refractivity contribution in [3.05, 3.63) is 42.5 Å². The number of benzene rings is 2. The molecule has 6 heteroatoms. The van der Waals surface area contributed by atoms with Crippen molar-refractivity contribution in [2.24, 2.45) is 29.1 Å². The summed E-state index contributed by atoms with van der Waals surface area (Å²) in [6.45, 7) is 0. The third-order valence-electron chi connectivity index (χ3n) is 9.66. The Morgan fingerprint density at radius 3 is 2.14 bits per heavy atom. The van der Waals surface area contributed by atoms with Crippen LogP contribution in [0.25, 0.3) is 22.4 Å². The minimum atomic E-state index is -0.143. The summed E-state index contributed by atoms with van der Waals surface area (Å²) in [6, 6.07) is 13.8. The Morgan fingerprint density at radius 2 is 1.46 bits per heavy atom. The van der Waals surface area contributed by atoms with E-state index in [-0.39, 0.29) is 23.1 Å². The molecule has 5 aliphatic carbocycles. The zero-order valence-electron chi connectivity index (χ0n) is 21.4. The van der Waals surface area contributed by atoms with Gasteiger partial charge in [0.05, 0.1) is 16.4 Å². The fourth-order valence-corrected chi connectivity index (χ4v) is 8.20. The van der Waals surface area contributed by atoms with E-state index in [1.165, 1.54) is 25.7 Å². The highest BCUT2D eigenvalue weighted by Crippen LogP contribution is 2.60. The standard InChI is InChI=1S/C31H36N4O2/c36-29(23-4-2-1-3-5-23)32-25-10-11-26-27(15-25)35-28(34-26)22-6-8-24(9-7-22)33-30(37)31-16-19-12-20(17-31)14-21(13-19)18-31/h6-11,15,19-21,23H,1-5,12-14,16-18H2,(H,32,36)(H,33,37)(H,34,35). The molecule has 4 bridgehead atoms. The van der Waals surface area contributed by atoms with E-state index in [9.17, 15) is 9.59 Å². The number of aromatic amines is 1. The van der Waals surface area contributed by atoms with Crippen LogP contribution >= 0.6 is 0 Å². The van der Waals surface area contributed by atoms with Gasteiger partial charge in [-0.3, -0.25) is 9.59 Å². The summed E-state index contributed by atoms with van der Waals surface area (Å²) in [5.41, 5.74) is 4.25. The van der Waals surface area contributed by atoms with Crippen molar-refractivity contribution in [2.75, 3.05) is 10.6 Å². The molecule has 5 aliphatic rings. The number of nitrogens with one attached hydrogen (secondary N) is 3. The molecule has 0 atom stereocenters. The fourth-order valence-electron chi connectivity index (χ4n) is 8.20. The highest BCUT2D eigenvalue weighted by molar-refractivity contribution is 5.96. The monoisotopic (exact) mass is 496 g/mol. The van der Waals surface area contributed by atoms with Gasteiger partial charge in [0.15, 0.2) is 0 Å². The SMILES string of the molecule is O=C(Nc1ccc2nc(-c3ccc(NC(=O)C45CC6CC(CC(C6)C4)C5)cc3)[nH]c2c1)C1CCCCC1. The largest absolute Gasteiger partial charge is 0.338 e. The van der Waals surface area contributed by atoms with Crippen LogP contribution in [0.1, 0.15) is 70.6 Å². The quantitative estimate of drug-likeness (QED) is 0.359. The zero-order valence-corrected chi connectivity index (χ0v) is 21.4.